The summed E-state index contributed by atoms with van der Waals surface area (Å²) in [6, 6.07) is 10.7. The first-order valence-corrected chi connectivity index (χ1v) is 8.53. The van der Waals surface area contributed by atoms with Crippen LogP contribution < -0.4 is 10.1 Å². The van der Waals surface area contributed by atoms with Crippen molar-refractivity contribution in [3.63, 3.8) is 0 Å². The zero-order valence-electron chi connectivity index (χ0n) is 14.8. The molecule has 2 aromatic carbocycles. The standard InChI is InChI=1S/C20H19FN2O4/c1-13(24)16-4-2-3-5-17(16)20(26)22-8-9-23-11-14-10-15(21)6-7-18(14)27-12-19(23)25/h2-7,10H,8-9,11-12H2,1H3,(H,22,26). The van der Waals surface area contributed by atoms with Crippen LogP contribution in [0, 0.1) is 5.82 Å². The Balaban J connectivity index is 1.64. The molecule has 2 amide bonds. The van der Waals surface area contributed by atoms with Gasteiger partial charge in [0.2, 0.25) is 0 Å². The molecule has 0 spiro atoms. The molecule has 27 heavy (non-hydrogen) atoms. The molecule has 0 saturated heterocycles. The molecule has 1 aliphatic rings. The molecule has 0 aliphatic carbocycles. The van der Waals surface area contributed by atoms with Gasteiger partial charge in [-0.2, -0.15) is 0 Å². The smallest absolute Gasteiger partial charge is 0.260 e. The molecule has 2 aromatic rings. The minimum atomic E-state index is -0.402. The second-order valence-corrected chi connectivity index (χ2v) is 6.21. The molecule has 1 aliphatic heterocycles. The second-order valence-electron chi connectivity index (χ2n) is 6.21. The summed E-state index contributed by atoms with van der Waals surface area (Å²) < 4.78 is 18.9. The Morgan fingerprint density at radius 3 is 2.67 bits per heavy atom. The predicted octanol–water partition coefficient (Wildman–Crippen LogP) is 2.18. The first-order valence-electron chi connectivity index (χ1n) is 8.53. The van der Waals surface area contributed by atoms with Crippen LogP contribution in [0.3, 0.4) is 0 Å². The molecule has 0 fully saturated rings. The number of Topliss-reactive ketones (excluding diaryl/α,β-unsaturated/α-hetero) is 1. The number of nitrogens with zero attached hydrogens (tertiary/aromatic N) is 1. The van der Waals surface area contributed by atoms with E-state index in [1.807, 2.05) is 0 Å². The highest BCUT2D eigenvalue weighted by Crippen LogP contribution is 2.24. The van der Waals surface area contributed by atoms with E-state index in [4.69, 9.17) is 4.74 Å². The lowest BCUT2D eigenvalue weighted by molar-refractivity contribution is -0.133. The summed E-state index contributed by atoms with van der Waals surface area (Å²) in [7, 11) is 0. The number of nitrogens with one attached hydrogen (secondary N) is 1. The maximum absolute atomic E-state index is 13.5. The average Bonchev–Trinajstić information content (AvgIpc) is 2.80. The summed E-state index contributed by atoms with van der Waals surface area (Å²) in [5.74, 6) is -0.748. The van der Waals surface area contributed by atoms with E-state index < -0.39 is 5.82 Å². The molecule has 1 N–H and O–H groups in total. The molecule has 0 unspecified atom stereocenters. The fourth-order valence-electron chi connectivity index (χ4n) is 2.93. The van der Waals surface area contributed by atoms with Crippen LogP contribution in [-0.2, 0) is 11.3 Å². The fourth-order valence-corrected chi connectivity index (χ4v) is 2.93. The zero-order valence-corrected chi connectivity index (χ0v) is 14.8. The molecular formula is C20H19FN2O4. The summed E-state index contributed by atoms with van der Waals surface area (Å²) in [5.41, 5.74) is 1.22. The molecule has 0 saturated carbocycles. The van der Waals surface area contributed by atoms with Gasteiger partial charge in [-0.1, -0.05) is 18.2 Å². The highest BCUT2D eigenvalue weighted by Gasteiger charge is 2.22. The highest BCUT2D eigenvalue weighted by molar-refractivity contribution is 6.07. The lowest BCUT2D eigenvalue weighted by atomic mass is 10.0. The molecule has 0 aromatic heterocycles. The number of benzene rings is 2. The Hall–Kier alpha value is -3.22. The molecule has 0 radical (unpaired) electrons. The number of ketones is 1. The van der Waals surface area contributed by atoms with E-state index in [1.165, 1.54) is 30.0 Å². The van der Waals surface area contributed by atoms with Crippen molar-refractivity contribution in [2.45, 2.75) is 13.5 Å². The van der Waals surface area contributed by atoms with Gasteiger partial charge in [-0.3, -0.25) is 14.4 Å². The Morgan fingerprint density at radius 1 is 1.19 bits per heavy atom. The number of ether oxygens (including phenoxy) is 1. The van der Waals surface area contributed by atoms with Crippen molar-refractivity contribution in [3.05, 3.63) is 65.0 Å². The fraction of sp³-hybridized carbons (Fsp3) is 0.250. The Kier molecular flexibility index (Phi) is 5.49. The number of halogens is 1. The average molecular weight is 370 g/mol. The van der Waals surface area contributed by atoms with E-state index >= 15 is 0 Å². The number of rotatable bonds is 5. The Bertz CT molecular complexity index is 897. The normalized spacial score (nSPS) is 13.4. The number of amides is 2. The molecule has 0 bridgehead atoms. The van der Waals surface area contributed by atoms with Crippen molar-refractivity contribution in [1.82, 2.24) is 10.2 Å². The number of hydrogen-bond donors (Lipinski definition) is 1. The molecule has 1 heterocycles. The van der Waals surface area contributed by atoms with Gasteiger partial charge in [0.15, 0.2) is 12.4 Å². The van der Waals surface area contributed by atoms with Crippen molar-refractivity contribution in [2.75, 3.05) is 19.7 Å². The maximum atomic E-state index is 13.5. The molecule has 0 atom stereocenters. The summed E-state index contributed by atoms with van der Waals surface area (Å²) in [6.45, 7) is 1.90. The minimum absolute atomic E-state index is 0.139. The van der Waals surface area contributed by atoms with Crippen LogP contribution in [0.15, 0.2) is 42.5 Å². The second kappa shape index (κ2) is 7.99. The minimum Gasteiger partial charge on any atom is -0.483 e. The summed E-state index contributed by atoms with van der Waals surface area (Å²) >= 11 is 0. The van der Waals surface area contributed by atoms with Crippen LogP contribution in [0.2, 0.25) is 0 Å². The van der Waals surface area contributed by atoms with Gasteiger partial charge in [-0.25, -0.2) is 4.39 Å². The summed E-state index contributed by atoms with van der Waals surface area (Å²) in [4.78, 5) is 37.7. The third-order valence-electron chi connectivity index (χ3n) is 4.31. The van der Waals surface area contributed by atoms with Crippen LogP contribution in [0.5, 0.6) is 5.75 Å². The molecule has 6 nitrogen and oxygen atoms in total. The van der Waals surface area contributed by atoms with E-state index in [2.05, 4.69) is 5.32 Å². The van der Waals surface area contributed by atoms with Gasteiger partial charge in [0.25, 0.3) is 11.8 Å². The van der Waals surface area contributed by atoms with Crippen molar-refractivity contribution >= 4 is 17.6 Å². The monoisotopic (exact) mass is 370 g/mol. The lowest BCUT2D eigenvalue weighted by Gasteiger charge is -2.20. The number of carbonyl (C=O) groups excluding carboxylic acids is 3. The molecule has 3 rings (SSSR count). The highest BCUT2D eigenvalue weighted by atomic mass is 19.1. The Morgan fingerprint density at radius 2 is 1.93 bits per heavy atom. The van der Waals surface area contributed by atoms with Crippen molar-refractivity contribution in [1.29, 1.82) is 0 Å². The molecule has 7 heteroatoms. The summed E-state index contributed by atoms with van der Waals surface area (Å²) in [6.07, 6.45) is 0. The third kappa shape index (κ3) is 4.31. The first kappa shape index (κ1) is 18.6. The van der Waals surface area contributed by atoms with Gasteiger partial charge < -0.3 is 15.0 Å². The maximum Gasteiger partial charge on any atom is 0.260 e. The largest absolute Gasteiger partial charge is 0.483 e. The number of carbonyl (C=O) groups is 3. The van der Waals surface area contributed by atoms with Crippen LogP contribution in [0.1, 0.15) is 33.2 Å². The van der Waals surface area contributed by atoms with E-state index in [-0.39, 0.29) is 43.8 Å². The SMILES string of the molecule is CC(=O)c1ccccc1C(=O)NCCN1Cc2cc(F)ccc2OCC1=O. The van der Waals surface area contributed by atoms with E-state index in [0.717, 1.165) is 0 Å². The van der Waals surface area contributed by atoms with Crippen molar-refractivity contribution < 1.29 is 23.5 Å². The van der Waals surface area contributed by atoms with E-state index in [9.17, 15) is 18.8 Å². The van der Waals surface area contributed by atoms with Crippen LogP contribution in [0.25, 0.3) is 0 Å². The molecule has 140 valence electrons. The van der Waals surface area contributed by atoms with Gasteiger partial charge in [0, 0.05) is 30.8 Å². The van der Waals surface area contributed by atoms with Gasteiger partial charge in [-0.15, -0.1) is 0 Å². The van der Waals surface area contributed by atoms with Gasteiger partial charge in [-0.05, 0) is 31.2 Å². The lowest BCUT2D eigenvalue weighted by Crippen LogP contribution is -2.39. The van der Waals surface area contributed by atoms with Crippen molar-refractivity contribution in [3.8, 4) is 5.75 Å². The topological polar surface area (TPSA) is 75.7 Å². The van der Waals surface area contributed by atoms with Crippen LogP contribution in [0.4, 0.5) is 4.39 Å². The van der Waals surface area contributed by atoms with Gasteiger partial charge in [0.05, 0.1) is 5.56 Å². The summed E-state index contributed by atoms with van der Waals surface area (Å²) in [5, 5.41) is 2.72. The Labute approximate surface area is 155 Å². The third-order valence-corrected chi connectivity index (χ3v) is 4.31. The van der Waals surface area contributed by atoms with Crippen LogP contribution in [-0.4, -0.2) is 42.2 Å². The predicted molar refractivity (Wildman–Crippen MR) is 96.1 cm³/mol. The number of hydrogen-bond acceptors (Lipinski definition) is 4. The quantitative estimate of drug-likeness (QED) is 0.819. The molecular weight excluding hydrogens is 351 g/mol. The number of fused-ring (bicyclic) bond motifs is 1. The van der Waals surface area contributed by atoms with Gasteiger partial charge in [0.1, 0.15) is 11.6 Å². The van der Waals surface area contributed by atoms with Crippen molar-refractivity contribution in [2.24, 2.45) is 0 Å². The van der Waals surface area contributed by atoms with E-state index in [1.54, 1.807) is 24.3 Å². The van der Waals surface area contributed by atoms with E-state index in [0.29, 0.717) is 22.4 Å². The first-order chi connectivity index (χ1) is 13.0. The zero-order chi connectivity index (χ0) is 19.4. The van der Waals surface area contributed by atoms with Crippen LogP contribution >= 0.6 is 0 Å². The van der Waals surface area contributed by atoms with Gasteiger partial charge >= 0.3 is 0 Å².